The molecule has 8 heteroatoms. The molecule has 1 aliphatic rings. The molecule has 2 aromatic heterocycles. The Bertz CT molecular complexity index is 996. The molecule has 0 radical (unpaired) electrons. The number of aromatic nitrogens is 4. The summed E-state index contributed by atoms with van der Waals surface area (Å²) in [6, 6.07) is 7.90. The molecule has 0 fully saturated rings. The van der Waals surface area contributed by atoms with Crippen molar-refractivity contribution in [3.05, 3.63) is 57.6 Å². The van der Waals surface area contributed by atoms with E-state index in [1.807, 2.05) is 36.7 Å². The lowest BCUT2D eigenvalue weighted by Gasteiger charge is -2.27. The fraction of sp³-hybridized carbons (Fsp3) is 0.316. The van der Waals surface area contributed by atoms with Gasteiger partial charge in [0.25, 0.3) is 5.56 Å². The standard InChI is InChI=1S/C19H21N5O2S/c1-26-14-5-3-12(4-6-14)17-13(9-20-23-17)10-24-8-7-16-15(11-24)18(25)22-19(21-16)27-2/h3-6,9H,7-8,10-11H2,1-2H3,(H,20,23)(H,21,22,25). The molecular formula is C19H21N5O2S. The summed E-state index contributed by atoms with van der Waals surface area (Å²) >= 11 is 1.46. The van der Waals surface area contributed by atoms with E-state index in [1.54, 1.807) is 7.11 Å². The second kappa shape index (κ2) is 7.58. The van der Waals surface area contributed by atoms with Crippen molar-refractivity contribution in [2.45, 2.75) is 24.7 Å². The average Bonchev–Trinajstić information content (AvgIpc) is 3.16. The topological polar surface area (TPSA) is 86.9 Å². The molecule has 0 saturated heterocycles. The number of thioether (sulfide) groups is 1. The van der Waals surface area contributed by atoms with Crippen LogP contribution in [-0.4, -0.2) is 45.0 Å². The number of nitrogens with one attached hydrogen (secondary N) is 2. The summed E-state index contributed by atoms with van der Waals surface area (Å²) in [6.45, 7) is 2.19. The second-order valence-electron chi connectivity index (χ2n) is 6.46. The molecule has 0 bridgehead atoms. The van der Waals surface area contributed by atoms with Crippen LogP contribution in [0, 0.1) is 0 Å². The fourth-order valence-corrected chi connectivity index (χ4v) is 3.77. The van der Waals surface area contributed by atoms with Crippen molar-refractivity contribution in [2.24, 2.45) is 0 Å². The Morgan fingerprint density at radius 3 is 2.85 bits per heavy atom. The van der Waals surface area contributed by atoms with Gasteiger partial charge in [-0.15, -0.1) is 0 Å². The minimum Gasteiger partial charge on any atom is -0.497 e. The molecular weight excluding hydrogens is 362 g/mol. The summed E-state index contributed by atoms with van der Waals surface area (Å²) < 4.78 is 5.23. The van der Waals surface area contributed by atoms with Crippen LogP contribution in [0.15, 0.2) is 40.4 Å². The largest absolute Gasteiger partial charge is 0.497 e. The molecule has 140 valence electrons. The average molecular weight is 383 g/mol. The molecule has 3 aromatic rings. The molecule has 3 heterocycles. The molecule has 0 aliphatic carbocycles. The van der Waals surface area contributed by atoms with Crippen molar-refractivity contribution in [1.82, 2.24) is 25.1 Å². The molecule has 0 saturated carbocycles. The molecule has 0 unspecified atom stereocenters. The van der Waals surface area contributed by atoms with Crippen molar-refractivity contribution in [1.29, 1.82) is 0 Å². The van der Waals surface area contributed by atoms with Gasteiger partial charge in [-0.2, -0.15) is 5.10 Å². The van der Waals surface area contributed by atoms with Crippen LogP contribution in [0.5, 0.6) is 5.75 Å². The van der Waals surface area contributed by atoms with Gasteiger partial charge in [-0.3, -0.25) is 14.8 Å². The zero-order valence-corrected chi connectivity index (χ0v) is 16.1. The number of nitrogens with zero attached hydrogens (tertiary/aromatic N) is 3. The van der Waals surface area contributed by atoms with Gasteiger partial charge in [-0.05, 0) is 30.5 Å². The molecule has 27 heavy (non-hydrogen) atoms. The van der Waals surface area contributed by atoms with Crippen LogP contribution in [0.2, 0.25) is 0 Å². The first-order valence-electron chi connectivity index (χ1n) is 8.73. The van der Waals surface area contributed by atoms with Gasteiger partial charge in [0.15, 0.2) is 5.16 Å². The van der Waals surface area contributed by atoms with Gasteiger partial charge >= 0.3 is 0 Å². The third-order valence-corrected chi connectivity index (χ3v) is 5.39. The Labute approximate surface area is 161 Å². The Hall–Kier alpha value is -2.58. The lowest BCUT2D eigenvalue weighted by molar-refractivity contribution is 0.241. The summed E-state index contributed by atoms with van der Waals surface area (Å²) in [5.74, 6) is 0.823. The van der Waals surface area contributed by atoms with Crippen LogP contribution < -0.4 is 10.3 Å². The number of fused-ring (bicyclic) bond motifs is 1. The number of hydrogen-bond acceptors (Lipinski definition) is 6. The first-order valence-corrected chi connectivity index (χ1v) is 9.95. The van der Waals surface area contributed by atoms with Crippen LogP contribution >= 0.6 is 11.8 Å². The van der Waals surface area contributed by atoms with Gasteiger partial charge in [0.1, 0.15) is 5.75 Å². The van der Waals surface area contributed by atoms with Gasteiger partial charge in [0.05, 0.1) is 30.3 Å². The highest BCUT2D eigenvalue weighted by Gasteiger charge is 2.22. The van der Waals surface area contributed by atoms with Crippen molar-refractivity contribution in [3.8, 4) is 17.0 Å². The van der Waals surface area contributed by atoms with Crippen molar-refractivity contribution in [3.63, 3.8) is 0 Å². The summed E-state index contributed by atoms with van der Waals surface area (Å²) in [6.07, 6.45) is 4.55. The van der Waals surface area contributed by atoms with Crippen molar-refractivity contribution >= 4 is 11.8 Å². The van der Waals surface area contributed by atoms with Crippen molar-refractivity contribution in [2.75, 3.05) is 19.9 Å². The molecule has 1 aliphatic heterocycles. The van der Waals surface area contributed by atoms with Gasteiger partial charge in [0, 0.05) is 37.2 Å². The zero-order valence-electron chi connectivity index (χ0n) is 15.3. The lowest BCUT2D eigenvalue weighted by Crippen LogP contribution is -2.35. The van der Waals surface area contributed by atoms with Gasteiger partial charge < -0.3 is 9.72 Å². The Morgan fingerprint density at radius 2 is 2.11 bits per heavy atom. The van der Waals surface area contributed by atoms with E-state index < -0.39 is 0 Å². The second-order valence-corrected chi connectivity index (χ2v) is 7.25. The first kappa shape index (κ1) is 17.8. The van der Waals surface area contributed by atoms with E-state index in [0.717, 1.165) is 53.3 Å². The maximum absolute atomic E-state index is 12.4. The van der Waals surface area contributed by atoms with Crippen LogP contribution in [-0.2, 0) is 19.5 Å². The number of aromatic amines is 2. The van der Waals surface area contributed by atoms with Gasteiger partial charge in [-0.1, -0.05) is 11.8 Å². The predicted octanol–water partition coefficient (Wildman–Crippen LogP) is 2.45. The minimum atomic E-state index is -0.0309. The number of benzene rings is 1. The quantitative estimate of drug-likeness (QED) is 0.520. The highest BCUT2D eigenvalue weighted by Crippen LogP contribution is 2.26. The highest BCUT2D eigenvalue weighted by molar-refractivity contribution is 7.98. The molecule has 0 atom stereocenters. The third kappa shape index (κ3) is 3.63. The predicted molar refractivity (Wildman–Crippen MR) is 105 cm³/mol. The Kier molecular flexibility index (Phi) is 5.00. The van der Waals surface area contributed by atoms with E-state index in [-0.39, 0.29) is 5.56 Å². The third-order valence-electron chi connectivity index (χ3n) is 4.81. The van der Waals surface area contributed by atoms with Gasteiger partial charge in [-0.25, -0.2) is 4.98 Å². The smallest absolute Gasteiger partial charge is 0.256 e. The fourth-order valence-electron chi connectivity index (χ4n) is 3.37. The Morgan fingerprint density at radius 1 is 1.30 bits per heavy atom. The molecule has 1 aromatic carbocycles. The van der Waals surface area contributed by atoms with E-state index in [0.29, 0.717) is 11.7 Å². The van der Waals surface area contributed by atoms with Crippen LogP contribution in [0.4, 0.5) is 0 Å². The van der Waals surface area contributed by atoms with Crippen LogP contribution in [0.1, 0.15) is 16.8 Å². The van der Waals surface area contributed by atoms with Crippen molar-refractivity contribution < 1.29 is 4.74 Å². The van der Waals surface area contributed by atoms with E-state index in [4.69, 9.17) is 4.74 Å². The first-order chi connectivity index (χ1) is 13.2. The maximum Gasteiger partial charge on any atom is 0.256 e. The zero-order chi connectivity index (χ0) is 18.8. The normalized spacial score (nSPS) is 14.1. The maximum atomic E-state index is 12.4. The summed E-state index contributed by atoms with van der Waals surface area (Å²) in [5.41, 5.74) is 4.82. The number of methoxy groups -OCH3 is 1. The monoisotopic (exact) mass is 383 g/mol. The molecule has 2 N–H and O–H groups in total. The summed E-state index contributed by atoms with van der Waals surface area (Å²) in [7, 11) is 1.66. The van der Waals surface area contributed by atoms with Gasteiger partial charge in [0.2, 0.25) is 0 Å². The van der Waals surface area contributed by atoms with E-state index in [9.17, 15) is 4.79 Å². The number of H-pyrrole nitrogens is 2. The van der Waals surface area contributed by atoms with E-state index in [1.165, 1.54) is 11.8 Å². The number of hydrogen-bond donors (Lipinski definition) is 2. The number of ether oxygens (including phenoxy) is 1. The molecule has 7 nitrogen and oxygen atoms in total. The van der Waals surface area contributed by atoms with E-state index in [2.05, 4.69) is 25.1 Å². The summed E-state index contributed by atoms with van der Waals surface area (Å²) in [5, 5.41) is 8.00. The molecule has 4 rings (SSSR count). The summed E-state index contributed by atoms with van der Waals surface area (Å²) in [4.78, 5) is 22.0. The van der Waals surface area contributed by atoms with Crippen LogP contribution in [0.3, 0.4) is 0 Å². The van der Waals surface area contributed by atoms with Crippen LogP contribution in [0.25, 0.3) is 11.3 Å². The number of rotatable bonds is 5. The minimum absolute atomic E-state index is 0.0309. The Balaban J connectivity index is 1.54. The van der Waals surface area contributed by atoms with E-state index >= 15 is 0 Å². The molecule has 0 amide bonds. The molecule has 0 spiro atoms. The lowest BCUT2D eigenvalue weighted by atomic mass is 10.0. The highest BCUT2D eigenvalue weighted by atomic mass is 32.2. The SMILES string of the molecule is COc1ccc(-c2[nH]ncc2CN2CCc3nc(SC)[nH]c(=O)c3C2)cc1.